The largest absolute Gasteiger partial charge is 0.335 e. The Morgan fingerprint density at radius 3 is 2.72 bits per heavy atom. The van der Waals surface area contributed by atoms with E-state index in [0.29, 0.717) is 5.56 Å². The van der Waals surface area contributed by atoms with Crippen molar-refractivity contribution in [1.29, 1.82) is 0 Å². The molecule has 2 heterocycles. The van der Waals surface area contributed by atoms with Gasteiger partial charge in [-0.1, -0.05) is 25.1 Å². The van der Waals surface area contributed by atoms with Crippen molar-refractivity contribution >= 4 is 5.91 Å². The number of nitrogens with zero attached hydrogens (tertiary/aromatic N) is 4. The zero-order valence-electron chi connectivity index (χ0n) is 14.8. The second-order valence-electron chi connectivity index (χ2n) is 6.07. The van der Waals surface area contributed by atoms with Crippen LogP contribution in [0.5, 0.6) is 0 Å². The van der Waals surface area contributed by atoms with Gasteiger partial charge in [-0.15, -0.1) is 0 Å². The Morgan fingerprint density at radius 1 is 1.24 bits per heavy atom. The van der Waals surface area contributed by atoms with E-state index in [1.54, 1.807) is 17.3 Å². The monoisotopic (exact) mass is 334 g/mol. The van der Waals surface area contributed by atoms with Gasteiger partial charge in [-0.3, -0.25) is 9.78 Å². The fraction of sp³-hybridized carbons (Fsp3) is 0.250. The Kier molecular flexibility index (Phi) is 4.93. The van der Waals surface area contributed by atoms with Crippen molar-refractivity contribution in [1.82, 2.24) is 19.4 Å². The number of benzene rings is 1. The molecule has 0 saturated carbocycles. The van der Waals surface area contributed by atoms with E-state index in [1.165, 1.54) is 0 Å². The zero-order chi connectivity index (χ0) is 17.8. The highest BCUT2D eigenvalue weighted by Crippen LogP contribution is 2.25. The molecule has 3 aromatic rings. The molecule has 0 spiro atoms. The first kappa shape index (κ1) is 16.9. The molecule has 0 aliphatic rings. The molecule has 1 aromatic carbocycles. The second kappa shape index (κ2) is 7.30. The van der Waals surface area contributed by atoms with Crippen molar-refractivity contribution in [3.05, 3.63) is 72.3 Å². The number of amides is 1. The predicted molar refractivity (Wildman–Crippen MR) is 98.0 cm³/mol. The van der Waals surface area contributed by atoms with E-state index < -0.39 is 0 Å². The number of carbonyl (C=O) groups excluding carboxylic acids is 1. The summed E-state index contributed by atoms with van der Waals surface area (Å²) < 4.78 is 1.94. The maximum atomic E-state index is 13.0. The molecule has 0 fully saturated rings. The molecule has 1 atom stereocenters. The van der Waals surface area contributed by atoms with Gasteiger partial charge in [-0.25, -0.2) is 4.98 Å². The summed E-state index contributed by atoms with van der Waals surface area (Å²) in [5, 5.41) is 0. The number of hydrogen-bond acceptors (Lipinski definition) is 3. The third-order valence-electron chi connectivity index (χ3n) is 4.43. The van der Waals surface area contributed by atoms with Gasteiger partial charge in [-0.05, 0) is 30.2 Å². The predicted octanol–water partition coefficient (Wildman–Crippen LogP) is 3.71. The highest BCUT2D eigenvalue weighted by atomic mass is 16.2. The number of imidazole rings is 1. The Morgan fingerprint density at radius 2 is 2.08 bits per heavy atom. The van der Waals surface area contributed by atoms with Crippen LogP contribution in [-0.2, 0) is 7.05 Å². The minimum absolute atomic E-state index is 0.00184. The van der Waals surface area contributed by atoms with E-state index in [0.717, 1.165) is 23.4 Å². The number of hydrogen-bond donors (Lipinski definition) is 0. The molecule has 1 amide bonds. The summed E-state index contributed by atoms with van der Waals surface area (Å²) >= 11 is 0. The lowest BCUT2D eigenvalue weighted by atomic mass is 10.0. The summed E-state index contributed by atoms with van der Waals surface area (Å²) in [5.41, 5.74) is 2.63. The first-order chi connectivity index (χ1) is 12.1. The molecule has 0 bridgehead atoms. The molecule has 1 unspecified atom stereocenters. The second-order valence-corrected chi connectivity index (χ2v) is 6.07. The Balaban J connectivity index is 1.89. The summed E-state index contributed by atoms with van der Waals surface area (Å²) in [7, 11) is 3.79. The van der Waals surface area contributed by atoms with Crippen LogP contribution in [0.4, 0.5) is 0 Å². The zero-order valence-corrected chi connectivity index (χ0v) is 14.8. The lowest BCUT2D eigenvalue weighted by Crippen LogP contribution is -2.31. The average molecular weight is 334 g/mol. The van der Waals surface area contributed by atoms with Crippen LogP contribution < -0.4 is 0 Å². The molecule has 0 N–H and O–H groups in total. The molecular weight excluding hydrogens is 312 g/mol. The van der Waals surface area contributed by atoms with Gasteiger partial charge in [0.05, 0.1) is 6.04 Å². The fourth-order valence-electron chi connectivity index (χ4n) is 3.09. The van der Waals surface area contributed by atoms with Gasteiger partial charge in [0.2, 0.25) is 0 Å². The van der Waals surface area contributed by atoms with Gasteiger partial charge in [-0.2, -0.15) is 0 Å². The van der Waals surface area contributed by atoms with E-state index in [1.807, 2.05) is 67.5 Å². The minimum Gasteiger partial charge on any atom is -0.335 e. The molecule has 3 rings (SSSR count). The third-order valence-corrected chi connectivity index (χ3v) is 4.43. The maximum absolute atomic E-state index is 13.0. The maximum Gasteiger partial charge on any atom is 0.254 e. The van der Waals surface area contributed by atoms with E-state index in [-0.39, 0.29) is 11.9 Å². The van der Waals surface area contributed by atoms with E-state index in [2.05, 4.69) is 16.9 Å². The average Bonchev–Trinajstić information content (AvgIpc) is 3.08. The van der Waals surface area contributed by atoms with Crippen LogP contribution in [0.2, 0.25) is 0 Å². The van der Waals surface area contributed by atoms with Crippen LogP contribution in [0.25, 0.3) is 11.4 Å². The standard InChI is InChI=1S/C20H22N4O/c1-4-18(17-9-6-10-21-14-17)24(3)20(25)16-8-5-7-15(13-16)19-22-11-12-23(19)2/h5-14,18H,4H2,1-3H3. The summed E-state index contributed by atoms with van der Waals surface area (Å²) in [5.74, 6) is 0.836. The van der Waals surface area contributed by atoms with E-state index in [9.17, 15) is 4.79 Å². The van der Waals surface area contributed by atoms with Crippen molar-refractivity contribution in [3.8, 4) is 11.4 Å². The molecule has 5 nitrogen and oxygen atoms in total. The SMILES string of the molecule is CCC(c1cccnc1)N(C)C(=O)c1cccc(-c2nccn2C)c1. The Bertz CT molecular complexity index is 857. The smallest absolute Gasteiger partial charge is 0.254 e. The van der Waals surface area contributed by atoms with Crippen LogP contribution >= 0.6 is 0 Å². The van der Waals surface area contributed by atoms with Crippen LogP contribution in [0.3, 0.4) is 0 Å². The van der Waals surface area contributed by atoms with Crippen molar-refractivity contribution in [2.75, 3.05) is 7.05 Å². The summed E-state index contributed by atoms with van der Waals surface area (Å²) in [6, 6.07) is 11.5. The third kappa shape index (κ3) is 3.45. The summed E-state index contributed by atoms with van der Waals surface area (Å²) in [6.45, 7) is 2.08. The number of carbonyl (C=O) groups is 1. The van der Waals surface area contributed by atoms with Crippen molar-refractivity contribution in [2.45, 2.75) is 19.4 Å². The van der Waals surface area contributed by atoms with E-state index in [4.69, 9.17) is 0 Å². The summed E-state index contributed by atoms with van der Waals surface area (Å²) in [6.07, 6.45) is 8.04. The molecule has 25 heavy (non-hydrogen) atoms. The lowest BCUT2D eigenvalue weighted by Gasteiger charge is -2.27. The van der Waals surface area contributed by atoms with Gasteiger partial charge in [0.15, 0.2) is 0 Å². The fourth-order valence-corrected chi connectivity index (χ4v) is 3.09. The first-order valence-corrected chi connectivity index (χ1v) is 8.36. The normalized spacial score (nSPS) is 12.0. The van der Waals surface area contributed by atoms with Crippen LogP contribution in [0.1, 0.15) is 35.3 Å². The Hall–Kier alpha value is -2.95. The van der Waals surface area contributed by atoms with E-state index >= 15 is 0 Å². The topological polar surface area (TPSA) is 51.0 Å². The molecule has 0 radical (unpaired) electrons. The quantitative estimate of drug-likeness (QED) is 0.715. The van der Waals surface area contributed by atoms with Gasteiger partial charge >= 0.3 is 0 Å². The molecule has 2 aromatic heterocycles. The van der Waals surface area contributed by atoms with Gasteiger partial charge in [0.25, 0.3) is 5.91 Å². The first-order valence-electron chi connectivity index (χ1n) is 8.36. The number of rotatable bonds is 5. The minimum atomic E-state index is -0.00763. The number of aryl methyl sites for hydroxylation is 1. The van der Waals surface area contributed by atoms with Crippen LogP contribution in [-0.4, -0.2) is 32.4 Å². The molecule has 0 aliphatic carbocycles. The number of aromatic nitrogens is 3. The van der Waals surface area contributed by atoms with Gasteiger partial charge in [0.1, 0.15) is 5.82 Å². The van der Waals surface area contributed by atoms with Gasteiger partial charge in [0, 0.05) is 50.0 Å². The highest BCUT2D eigenvalue weighted by Gasteiger charge is 2.22. The highest BCUT2D eigenvalue weighted by molar-refractivity contribution is 5.95. The molecule has 0 saturated heterocycles. The van der Waals surface area contributed by atoms with Gasteiger partial charge < -0.3 is 9.47 Å². The van der Waals surface area contributed by atoms with Crippen molar-refractivity contribution in [3.63, 3.8) is 0 Å². The molecule has 0 aliphatic heterocycles. The van der Waals surface area contributed by atoms with Crippen LogP contribution in [0.15, 0.2) is 61.2 Å². The summed E-state index contributed by atoms with van der Waals surface area (Å²) in [4.78, 5) is 23.3. The van der Waals surface area contributed by atoms with Crippen LogP contribution in [0, 0.1) is 0 Å². The van der Waals surface area contributed by atoms with Crippen molar-refractivity contribution in [2.24, 2.45) is 7.05 Å². The number of pyridine rings is 1. The Labute approximate surface area is 148 Å². The molecule has 5 heteroatoms. The lowest BCUT2D eigenvalue weighted by molar-refractivity contribution is 0.0726. The molecule has 128 valence electrons. The van der Waals surface area contributed by atoms with Crippen molar-refractivity contribution < 1.29 is 4.79 Å². The molecular formula is C20H22N4O.